The second kappa shape index (κ2) is 6.00. The van der Waals surface area contributed by atoms with Crippen LogP contribution < -0.4 is 9.47 Å². The van der Waals surface area contributed by atoms with Gasteiger partial charge in [0.2, 0.25) is 0 Å². The van der Waals surface area contributed by atoms with Gasteiger partial charge >= 0.3 is 0 Å². The van der Waals surface area contributed by atoms with Gasteiger partial charge in [0.25, 0.3) is 0 Å². The summed E-state index contributed by atoms with van der Waals surface area (Å²) in [7, 11) is 1.67. The zero-order valence-electron chi connectivity index (χ0n) is 12.6. The molecule has 0 aliphatic heterocycles. The molecule has 0 aromatic heterocycles. The van der Waals surface area contributed by atoms with Gasteiger partial charge in [-0.1, -0.05) is 51.1 Å². The Morgan fingerprint density at radius 2 is 1.65 bits per heavy atom. The molecule has 0 N–H and O–H groups in total. The van der Waals surface area contributed by atoms with Crippen LogP contribution in [-0.2, 0) is 0 Å². The first kappa shape index (κ1) is 14.4. The van der Waals surface area contributed by atoms with E-state index in [1.165, 1.54) is 0 Å². The standard InChI is InChI=1S/C18H22O2/c1-18(2,3)13-20-17-12-15(19-4)10-11-16(17)14-8-6-5-7-9-14/h5-12H,13H2,1-4H3. The summed E-state index contributed by atoms with van der Waals surface area (Å²) in [5.41, 5.74) is 2.37. The van der Waals surface area contributed by atoms with Crippen LogP contribution in [0.4, 0.5) is 0 Å². The van der Waals surface area contributed by atoms with E-state index in [0.717, 1.165) is 22.6 Å². The lowest BCUT2D eigenvalue weighted by Gasteiger charge is -2.21. The van der Waals surface area contributed by atoms with Crippen LogP contribution in [0.5, 0.6) is 11.5 Å². The van der Waals surface area contributed by atoms with E-state index >= 15 is 0 Å². The number of hydrogen-bond donors (Lipinski definition) is 0. The molecular formula is C18H22O2. The third-order valence-corrected chi connectivity index (χ3v) is 2.93. The monoisotopic (exact) mass is 270 g/mol. The Kier molecular flexibility index (Phi) is 4.33. The Morgan fingerprint density at radius 1 is 0.950 bits per heavy atom. The third kappa shape index (κ3) is 3.77. The summed E-state index contributed by atoms with van der Waals surface area (Å²) in [4.78, 5) is 0. The predicted molar refractivity (Wildman–Crippen MR) is 83.4 cm³/mol. The van der Waals surface area contributed by atoms with Crippen LogP contribution in [0.2, 0.25) is 0 Å². The van der Waals surface area contributed by atoms with E-state index in [1.54, 1.807) is 7.11 Å². The molecule has 0 radical (unpaired) electrons. The molecule has 2 aromatic rings. The Balaban J connectivity index is 2.36. The fourth-order valence-electron chi connectivity index (χ4n) is 1.90. The molecule has 0 spiro atoms. The lowest BCUT2D eigenvalue weighted by Crippen LogP contribution is -2.17. The predicted octanol–water partition coefficient (Wildman–Crippen LogP) is 4.79. The number of hydrogen-bond acceptors (Lipinski definition) is 2. The molecule has 2 rings (SSSR count). The zero-order valence-corrected chi connectivity index (χ0v) is 12.6. The highest BCUT2D eigenvalue weighted by molar-refractivity contribution is 5.71. The highest BCUT2D eigenvalue weighted by atomic mass is 16.5. The molecule has 2 nitrogen and oxygen atoms in total. The first-order chi connectivity index (χ1) is 9.49. The van der Waals surface area contributed by atoms with E-state index in [0.29, 0.717) is 6.61 Å². The van der Waals surface area contributed by atoms with Crippen molar-refractivity contribution in [2.45, 2.75) is 20.8 Å². The fourth-order valence-corrected chi connectivity index (χ4v) is 1.90. The number of benzene rings is 2. The minimum atomic E-state index is 0.122. The summed E-state index contributed by atoms with van der Waals surface area (Å²) in [6, 6.07) is 16.2. The van der Waals surface area contributed by atoms with Gasteiger partial charge in [0.05, 0.1) is 13.7 Å². The summed E-state index contributed by atoms with van der Waals surface area (Å²) < 4.78 is 11.3. The summed E-state index contributed by atoms with van der Waals surface area (Å²) >= 11 is 0. The van der Waals surface area contributed by atoms with Gasteiger partial charge in [0.15, 0.2) is 0 Å². The molecule has 20 heavy (non-hydrogen) atoms. The van der Waals surface area contributed by atoms with E-state index in [9.17, 15) is 0 Å². The fraction of sp³-hybridized carbons (Fsp3) is 0.333. The van der Waals surface area contributed by atoms with Crippen LogP contribution in [0.25, 0.3) is 11.1 Å². The molecule has 106 valence electrons. The summed E-state index contributed by atoms with van der Waals surface area (Å²) in [6.07, 6.45) is 0. The molecule has 0 atom stereocenters. The molecule has 0 saturated carbocycles. The van der Waals surface area contributed by atoms with Crippen molar-refractivity contribution in [3.63, 3.8) is 0 Å². The molecule has 0 amide bonds. The molecule has 0 aliphatic rings. The first-order valence-corrected chi connectivity index (χ1v) is 6.86. The SMILES string of the molecule is COc1ccc(-c2ccccc2)c(OCC(C)(C)C)c1. The second-order valence-electron chi connectivity index (χ2n) is 6.08. The highest BCUT2D eigenvalue weighted by Crippen LogP contribution is 2.34. The summed E-state index contributed by atoms with van der Waals surface area (Å²) in [5, 5.41) is 0. The van der Waals surface area contributed by atoms with E-state index in [1.807, 2.05) is 36.4 Å². The van der Waals surface area contributed by atoms with Crippen LogP contribution in [0.1, 0.15) is 20.8 Å². The maximum atomic E-state index is 6.02. The van der Waals surface area contributed by atoms with Gasteiger partial charge in [-0.3, -0.25) is 0 Å². The Morgan fingerprint density at radius 3 is 2.25 bits per heavy atom. The number of ether oxygens (including phenoxy) is 2. The van der Waals surface area contributed by atoms with Crippen molar-refractivity contribution in [1.82, 2.24) is 0 Å². The maximum absolute atomic E-state index is 6.02. The normalized spacial score (nSPS) is 11.2. The van der Waals surface area contributed by atoms with E-state index in [2.05, 4.69) is 32.9 Å². The van der Waals surface area contributed by atoms with Crippen molar-refractivity contribution in [3.05, 3.63) is 48.5 Å². The molecule has 2 aromatic carbocycles. The molecule has 0 heterocycles. The molecule has 0 saturated heterocycles. The maximum Gasteiger partial charge on any atom is 0.130 e. The van der Waals surface area contributed by atoms with Crippen molar-refractivity contribution in [2.75, 3.05) is 13.7 Å². The molecule has 0 fully saturated rings. The summed E-state index contributed by atoms with van der Waals surface area (Å²) in [5.74, 6) is 1.68. The van der Waals surface area contributed by atoms with Crippen molar-refractivity contribution >= 4 is 0 Å². The Hall–Kier alpha value is -1.96. The largest absolute Gasteiger partial charge is 0.497 e. The minimum Gasteiger partial charge on any atom is -0.497 e. The number of rotatable bonds is 4. The average Bonchev–Trinajstić information content (AvgIpc) is 2.45. The highest BCUT2D eigenvalue weighted by Gasteiger charge is 2.14. The van der Waals surface area contributed by atoms with Gasteiger partial charge in [-0.2, -0.15) is 0 Å². The lowest BCUT2D eigenvalue weighted by atomic mass is 9.98. The average molecular weight is 270 g/mol. The molecular weight excluding hydrogens is 248 g/mol. The van der Waals surface area contributed by atoms with Crippen LogP contribution in [0.15, 0.2) is 48.5 Å². The molecule has 0 bridgehead atoms. The Labute approximate surface area is 121 Å². The minimum absolute atomic E-state index is 0.122. The molecule has 0 unspecified atom stereocenters. The summed E-state index contributed by atoms with van der Waals surface area (Å²) in [6.45, 7) is 7.15. The van der Waals surface area contributed by atoms with Crippen LogP contribution in [0.3, 0.4) is 0 Å². The van der Waals surface area contributed by atoms with Crippen LogP contribution >= 0.6 is 0 Å². The van der Waals surface area contributed by atoms with Crippen molar-refractivity contribution in [2.24, 2.45) is 5.41 Å². The van der Waals surface area contributed by atoms with Gasteiger partial charge in [0, 0.05) is 11.6 Å². The van der Waals surface area contributed by atoms with E-state index in [-0.39, 0.29) is 5.41 Å². The first-order valence-electron chi connectivity index (χ1n) is 6.86. The van der Waals surface area contributed by atoms with Gasteiger partial charge in [-0.05, 0) is 23.1 Å². The quantitative estimate of drug-likeness (QED) is 0.795. The lowest BCUT2D eigenvalue weighted by molar-refractivity contribution is 0.198. The van der Waals surface area contributed by atoms with Crippen molar-refractivity contribution in [1.29, 1.82) is 0 Å². The second-order valence-corrected chi connectivity index (χ2v) is 6.08. The van der Waals surface area contributed by atoms with Crippen LogP contribution in [-0.4, -0.2) is 13.7 Å². The van der Waals surface area contributed by atoms with Gasteiger partial charge in [-0.25, -0.2) is 0 Å². The molecule has 0 aliphatic carbocycles. The number of methoxy groups -OCH3 is 1. The Bertz CT molecular complexity index is 553. The van der Waals surface area contributed by atoms with Crippen molar-refractivity contribution < 1.29 is 9.47 Å². The van der Waals surface area contributed by atoms with Crippen LogP contribution in [0, 0.1) is 5.41 Å². The van der Waals surface area contributed by atoms with Gasteiger partial charge < -0.3 is 9.47 Å². The van der Waals surface area contributed by atoms with E-state index < -0.39 is 0 Å². The smallest absolute Gasteiger partial charge is 0.130 e. The third-order valence-electron chi connectivity index (χ3n) is 2.93. The van der Waals surface area contributed by atoms with Crippen molar-refractivity contribution in [3.8, 4) is 22.6 Å². The van der Waals surface area contributed by atoms with Gasteiger partial charge in [-0.15, -0.1) is 0 Å². The van der Waals surface area contributed by atoms with Gasteiger partial charge in [0.1, 0.15) is 11.5 Å². The van der Waals surface area contributed by atoms with E-state index in [4.69, 9.17) is 9.47 Å². The molecule has 2 heteroatoms. The topological polar surface area (TPSA) is 18.5 Å². The zero-order chi connectivity index (χ0) is 14.6.